The Bertz CT molecular complexity index is 525. The number of amides is 1. The van der Waals surface area contributed by atoms with Gasteiger partial charge in [0.2, 0.25) is 0 Å². The smallest absolute Gasteiger partial charge is 0.410 e. The number of nitrogens with zero attached hydrogens (tertiary/aromatic N) is 1. The van der Waals surface area contributed by atoms with Crippen molar-refractivity contribution in [1.82, 2.24) is 4.90 Å². The summed E-state index contributed by atoms with van der Waals surface area (Å²) in [5, 5.41) is 0. The quantitative estimate of drug-likeness (QED) is 0.852. The van der Waals surface area contributed by atoms with Crippen LogP contribution < -0.4 is 5.73 Å². The lowest BCUT2D eigenvalue weighted by atomic mass is 10.00. The van der Waals surface area contributed by atoms with Crippen LogP contribution in [0.4, 0.5) is 4.79 Å². The van der Waals surface area contributed by atoms with Gasteiger partial charge in [0.25, 0.3) is 0 Å². The molecule has 0 aliphatic carbocycles. The third-order valence-electron chi connectivity index (χ3n) is 3.52. The fraction of sp³-hybridized carbons (Fsp3) is 0.500. The molecule has 1 fully saturated rings. The van der Waals surface area contributed by atoms with E-state index >= 15 is 0 Å². The minimum absolute atomic E-state index is 0.0347. The van der Waals surface area contributed by atoms with Gasteiger partial charge in [-0.3, -0.25) is 0 Å². The molecule has 1 aromatic rings. The van der Waals surface area contributed by atoms with E-state index in [1.165, 1.54) is 0 Å². The Morgan fingerprint density at radius 3 is 2.48 bits per heavy atom. The number of rotatable bonds is 2. The lowest BCUT2D eigenvalue weighted by Gasteiger charge is -2.28. The van der Waals surface area contributed by atoms with Crippen LogP contribution >= 0.6 is 12.2 Å². The van der Waals surface area contributed by atoms with Gasteiger partial charge >= 0.3 is 6.09 Å². The fourth-order valence-corrected chi connectivity index (χ4v) is 2.73. The van der Waals surface area contributed by atoms with Crippen LogP contribution in [0.15, 0.2) is 30.3 Å². The van der Waals surface area contributed by atoms with Crippen molar-refractivity contribution in [2.75, 3.05) is 6.54 Å². The van der Waals surface area contributed by atoms with Crippen LogP contribution in [0.5, 0.6) is 0 Å². The number of ether oxygens (including phenoxy) is 1. The molecule has 1 saturated heterocycles. The molecule has 21 heavy (non-hydrogen) atoms. The zero-order valence-corrected chi connectivity index (χ0v) is 13.5. The van der Waals surface area contributed by atoms with Crippen molar-refractivity contribution in [3.8, 4) is 0 Å². The number of carbonyl (C=O) groups is 1. The molecule has 1 aliphatic rings. The lowest BCUT2D eigenvalue weighted by molar-refractivity contribution is 0.0222. The number of thiocarbonyl (C=S) groups is 1. The Labute approximate surface area is 131 Å². The SMILES string of the molecule is CC(C)(C)OC(=O)N1C[C@H](C(N)=S)C[C@@H]1c1ccccc1. The molecular formula is C16H22N2O2S. The molecule has 114 valence electrons. The molecule has 2 atom stereocenters. The normalized spacial score (nSPS) is 22.1. The van der Waals surface area contributed by atoms with E-state index in [1.807, 2.05) is 51.1 Å². The molecule has 2 N–H and O–H groups in total. The molecule has 0 spiro atoms. The molecule has 4 nitrogen and oxygen atoms in total. The van der Waals surface area contributed by atoms with Crippen LogP contribution in [0.1, 0.15) is 38.8 Å². The summed E-state index contributed by atoms with van der Waals surface area (Å²) in [4.78, 5) is 14.6. The molecule has 1 heterocycles. The van der Waals surface area contributed by atoms with Gasteiger partial charge in [0, 0.05) is 12.5 Å². The van der Waals surface area contributed by atoms with Gasteiger partial charge in [-0.2, -0.15) is 0 Å². The van der Waals surface area contributed by atoms with Gasteiger partial charge in [-0.1, -0.05) is 42.5 Å². The summed E-state index contributed by atoms with van der Waals surface area (Å²) in [5.41, 5.74) is 6.35. The summed E-state index contributed by atoms with van der Waals surface area (Å²) < 4.78 is 5.50. The first-order valence-electron chi connectivity index (χ1n) is 7.12. The first kappa shape index (κ1) is 15.8. The second kappa shape index (κ2) is 6.02. The van der Waals surface area contributed by atoms with Gasteiger partial charge in [-0.25, -0.2) is 4.79 Å². The van der Waals surface area contributed by atoms with Crippen molar-refractivity contribution >= 4 is 23.3 Å². The maximum absolute atomic E-state index is 12.4. The molecule has 0 radical (unpaired) electrons. The Kier molecular flexibility index (Phi) is 4.52. The average Bonchev–Trinajstić information content (AvgIpc) is 2.83. The van der Waals surface area contributed by atoms with Gasteiger partial charge in [0.05, 0.1) is 11.0 Å². The molecule has 0 bridgehead atoms. The Hall–Kier alpha value is -1.62. The zero-order valence-electron chi connectivity index (χ0n) is 12.7. The van der Waals surface area contributed by atoms with Crippen LogP contribution in [0.3, 0.4) is 0 Å². The largest absolute Gasteiger partial charge is 0.444 e. The van der Waals surface area contributed by atoms with E-state index in [0.717, 1.165) is 12.0 Å². The van der Waals surface area contributed by atoms with Gasteiger partial charge < -0.3 is 15.4 Å². The van der Waals surface area contributed by atoms with E-state index in [1.54, 1.807) is 4.90 Å². The van der Waals surface area contributed by atoms with E-state index in [-0.39, 0.29) is 18.1 Å². The highest BCUT2D eigenvalue weighted by Crippen LogP contribution is 2.36. The van der Waals surface area contributed by atoms with Crippen molar-refractivity contribution < 1.29 is 9.53 Å². The highest BCUT2D eigenvalue weighted by atomic mass is 32.1. The first-order chi connectivity index (χ1) is 9.78. The number of hydrogen-bond donors (Lipinski definition) is 1. The predicted octanol–water partition coefficient (Wildman–Crippen LogP) is 3.27. The maximum atomic E-state index is 12.4. The Balaban J connectivity index is 2.23. The van der Waals surface area contributed by atoms with E-state index in [4.69, 9.17) is 22.7 Å². The number of benzene rings is 1. The standard InChI is InChI=1S/C16H22N2O2S/c1-16(2,3)20-15(19)18-10-12(14(17)21)9-13(18)11-7-5-4-6-8-11/h4-8,12-13H,9-10H2,1-3H3,(H2,17,21)/t12-,13-/m1/s1. The molecule has 1 amide bonds. The van der Waals surface area contributed by atoms with Crippen LogP contribution in [0.2, 0.25) is 0 Å². The van der Waals surface area contributed by atoms with Crippen molar-refractivity contribution in [1.29, 1.82) is 0 Å². The number of hydrogen-bond acceptors (Lipinski definition) is 3. The summed E-state index contributed by atoms with van der Waals surface area (Å²) in [6.45, 7) is 6.11. The van der Waals surface area contributed by atoms with Gasteiger partial charge in [0.1, 0.15) is 5.60 Å². The molecule has 0 aromatic heterocycles. The summed E-state index contributed by atoms with van der Waals surface area (Å²) in [5.74, 6) is 0.0396. The second-order valence-electron chi connectivity index (χ2n) is 6.39. The lowest BCUT2D eigenvalue weighted by Crippen LogP contribution is -2.37. The molecule has 5 heteroatoms. The fourth-order valence-electron chi connectivity index (χ4n) is 2.56. The summed E-state index contributed by atoms with van der Waals surface area (Å²) in [6.07, 6.45) is 0.439. The summed E-state index contributed by atoms with van der Waals surface area (Å²) in [7, 11) is 0. The molecule has 1 aliphatic heterocycles. The summed E-state index contributed by atoms with van der Waals surface area (Å²) >= 11 is 5.11. The summed E-state index contributed by atoms with van der Waals surface area (Å²) in [6, 6.07) is 9.90. The minimum atomic E-state index is -0.514. The van der Waals surface area contributed by atoms with Gasteiger partial charge in [0.15, 0.2) is 0 Å². The third kappa shape index (κ3) is 3.94. The number of carbonyl (C=O) groups excluding carboxylic acids is 1. The highest BCUT2D eigenvalue weighted by molar-refractivity contribution is 7.80. The number of likely N-dealkylation sites (tertiary alicyclic amines) is 1. The van der Waals surface area contributed by atoms with Gasteiger partial charge in [-0.05, 0) is 32.8 Å². The molecule has 1 aromatic carbocycles. The third-order valence-corrected chi connectivity index (χ3v) is 3.85. The van der Waals surface area contributed by atoms with E-state index in [2.05, 4.69) is 0 Å². The van der Waals surface area contributed by atoms with E-state index < -0.39 is 5.60 Å². The van der Waals surface area contributed by atoms with Gasteiger partial charge in [-0.15, -0.1) is 0 Å². The van der Waals surface area contributed by atoms with Crippen LogP contribution in [0.25, 0.3) is 0 Å². The molecule has 0 saturated carbocycles. The Morgan fingerprint density at radius 2 is 1.95 bits per heavy atom. The second-order valence-corrected chi connectivity index (χ2v) is 6.87. The van der Waals surface area contributed by atoms with Crippen molar-refractivity contribution in [3.63, 3.8) is 0 Å². The van der Waals surface area contributed by atoms with Crippen molar-refractivity contribution in [3.05, 3.63) is 35.9 Å². The predicted molar refractivity (Wildman–Crippen MR) is 87.0 cm³/mol. The van der Waals surface area contributed by atoms with Crippen LogP contribution in [0, 0.1) is 5.92 Å². The Morgan fingerprint density at radius 1 is 1.33 bits per heavy atom. The number of nitrogens with two attached hydrogens (primary N) is 1. The van der Waals surface area contributed by atoms with Crippen molar-refractivity contribution in [2.45, 2.75) is 38.8 Å². The van der Waals surface area contributed by atoms with Crippen LogP contribution in [-0.4, -0.2) is 28.1 Å². The van der Waals surface area contributed by atoms with E-state index in [9.17, 15) is 4.79 Å². The maximum Gasteiger partial charge on any atom is 0.410 e. The monoisotopic (exact) mass is 306 g/mol. The average molecular weight is 306 g/mol. The van der Waals surface area contributed by atoms with Crippen LogP contribution in [-0.2, 0) is 4.74 Å². The van der Waals surface area contributed by atoms with Crippen molar-refractivity contribution in [2.24, 2.45) is 11.7 Å². The highest BCUT2D eigenvalue weighted by Gasteiger charge is 2.39. The minimum Gasteiger partial charge on any atom is -0.444 e. The molecule has 0 unspecified atom stereocenters. The zero-order chi connectivity index (χ0) is 15.6. The van der Waals surface area contributed by atoms with E-state index in [0.29, 0.717) is 11.5 Å². The molecular weight excluding hydrogens is 284 g/mol. The first-order valence-corrected chi connectivity index (χ1v) is 7.52. The molecule has 2 rings (SSSR count). The topological polar surface area (TPSA) is 55.6 Å².